The Morgan fingerprint density at radius 1 is 1.44 bits per heavy atom. The number of carbonyl (C=O) groups is 1. The normalized spacial score (nSPS) is 10.3. The van der Waals surface area contributed by atoms with E-state index in [9.17, 15) is 4.79 Å². The molecule has 0 aliphatic carbocycles. The number of nitrogens with zero attached hydrogens (tertiary/aromatic N) is 1. The smallest absolute Gasteiger partial charge is 0.321 e. The summed E-state index contributed by atoms with van der Waals surface area (Å²) in [5.74, 6) is 0.818. The number of aromatic nitrogens is 1. The van der Waals surface area contributed by atoms with Crippen molar-refractivity contribution in [3.8, 4) is 5.75 Å². The van der Waals surface area contributed by atoms with E-state index in [2.05, 4.69) is 15.6 Å². The summed E-state index contributed by atoms with van der Waals surface area (Å²) >= 11 is 1.43. The van der Waals surface area contributed by atoms with Gasteiger partial charge in [-0.1, -0.05) is 11.3 Å². The van der Waals surface area contributed by atoms with Crippen molar-refractivity contribution in [2.45, 2.75) is 13.8 Å². The quantitative estimate of drug-likeness (QED) is 0.893. The molecule has 0 spiro atoms. The van der Waals surface area contributed by atoms with Gasteiger partial charge in [-0.05, 0) is 32.0 Å². The van der Waals surface area contributed by atoms with Gasteiger partial charge in [0.2, 0.25) is 0 Å². The van der Waals surface area contributed by atoms with Gasteiger partial charge in [0.1, 0.15) is 5.75 Å². The Kier molecular flexibility index (Phi) is 3.99. The fourth-order valence-electron chi connectivity index (χ4n) is 1.52. The van der Waals surface area contributed by atoms with E-state index >= 15 is 0 Å². The van der Waals surface area contributed by atoms with Gasteiger partial charge in [0.15, 0.2) is 5.13 Å². The Morgan fingerprint density at radius 2 is 2.28 bits per heavy atom. The molecular weight excluding hydrogens is 250 g/mol. The van der Waals surface area contributed by atoms with Crippen molar-refractivity contribution in [2.75, 3.05) is 18.5 Å². The van der Waals surface area contributed by atoms with E-state index in [1.54, 1.807) is 0 Å². The molecule has 1 heterocycles. The van der Waals surface area contributed by atoms with Gasteiger partial charge in [-0.3, -0.25) is 5.32 Å². The number of carbonyl (C=O) groups excluding carboxylic acids is 1. The lowest BCUT2D eigenvalue weighted by Crippen LogP contribution is -2.28. The highest BCUT2D eigenvalue weighted by Crippen LogP contribution is 2.29. The first kappa shape index (κ1) is 12.6. The molecule has 2 aromatic rings. The summed E-state index contributed by atoms with van der Waals surface area (Å²) in [5, 5.41) is 5.95. The molecule has 0 aliphatic heterocycles. The SMILES string of the molecule is CCNC(=O)Nc1nc2ccc(OCC)cc2s1. The van der Waals surface area contributed by atoms with Crippen LogP contribution >= 0.6 is 11.3 Å². The molecule has 2 rings (SSSR count). The van der Waals surface area contributed by atoms with E-state index in [0.717, 1.165) is 16.0 Å². The van der Waals surface area contributed by atoms with Crippen molar-refractivity contribution in [3.05, 3.63) is 18.2 Å². The first-order valence-corrected chi connectivity index (χ1v) is 6.62. The van der Waals surface area contributed by atoms with E-state index in [4.69, 9.17) is 4.74 Å². The van der Waals surface area contributed by atoms with Crippen molar-refractivity contribution in [1.29, 1.82) is 0 Å². The molecule has 0 bridgehead atoms. The van der Waals surface area contributed by atoms with Gasteiger partial charge >= 0.3 is 6.03 Å². The molecule has 0 aliphatic rings. The molecule has 0 atom stereocenters. The summed E-state index contributed by atoms with van der Waals surface area (Å²) in [6.45, 7) is 5.03. The fourth-order valence-corrected chi connectivity index (χ4v) is 2.41. The van der Waals surface area contributed by atoms with Crippen LogP contribution in [-0.2, 0) is 0 Å². The number of thiazole rings is 1. The van der Waals surface area contributed by atoms with Gasteiger partial charge in [0.25, 0.3) is 0 Å². The first-order chi connectivity index (χ1) is 8.72. The lowest BCUT2D eigenvalue weighted by molar-refractivity contribution is 0.252. The summed E-state index contributed by atoms with van der Waals surface area (Å²) in [7, 11) is 0. The van der Waals surface area contributed by atoms with Gasteiger partial charge in [0, 0.05) is 6.54 Å². The molecule has 2 N–H and O–H groups in total. The molecule has 5 nitrogen and oxygen atoms in total. The largest absolute Gasteiger partial charge is 0.494 e. The van der Waals surface area contributed by atoms with E-state index in [1.165, 1.54) is 11.3 Å². The molecule has 18 heavy (non-hydrogen) atoms. The number of hydrogen-bond acceptors (Lipinski definition) is 4. The van der Waals surface area contributed by atoms with E-state index in [1.807, 2.05) is 32.0 Å². The summed E-state index contributed by atoms with van der Waals surface area (Å²) in [5.41, 5.74) is 0.857. The van der Waals surface area contributed by atoms with Crippen LogP contribution in [0.1, 0.15) is 13.8 Å². The molecule has 2 amide bonds. The number of nitrogens with one attached hydrogen (secondary N) is 2. The Balaban J connectivity index is 2.19. The van der Waals surface area contributed by atoms with Crippen LogP contribution in [0, 0.1) is 0 Å². The monoisotopic (exact) mass is 265 g/mol. The van der Waals surface area contributed by atoms with Gasteiger partial charge in [0.05, 0.1) is 16.8 Å². The molecule has 0 fully saturated rings. The molecule has 0 unspecified atom stereocenters. The van der Waals surface area contributed by atoms with E-state index in [0.29, 0.717) is 18.3 Å². The van der Waals surface area contributed by atoms with Crippen LogP contribution in [0.5, 0.6) is 5.75 Å². The predicted molar refractivity (Wildman–Crippen MR) is 73.5 cm³/mol. The maximum atomic E-state index is 11.4. The van der Waals surface area contributed by atoms with Gasteiger partial charge in [-0.2, -0.15) is 0 Å². The first-order valence-electron chi connectivity index (χ1n) is 5.81. The van der Waals surface area contributed by atoms with Gasteiger partial charge in [-0.25, -0.2) is 9.78 Å². The second-order valence-electron chi connectivity index (χ2n) is 3.57. The average molecular weight is 265 g/mol. The maximum absolute atomic E-state index is 11.4. The second kappa shape index (κ2) is 5.68. The lowest BCUT2D eigenvalue weighted by atomic mass is 10.3. The topological polar surface area (TPSA) is 63.2 Å². The minimum Gasteiger partial charge on any atom is -0.494 e. The highest BCUT2D eigenvalue weighted by molar-refractivity contribution is 7.22. The number of anilines is 1. The summed E-state index contributed by atoms with van der Waals surface area (Å²) in [4.78, 5) is 15.7. The zero-order valence-corrected chi connectivity index (χ0v) is 11.1. The molecule has 0 radical (unpaired) electrons. The summed E-state index contributed by atoms with van der Waals surface area (Å²) < 4.78 is 6.42. The van der Waals surface area contributed by atoms with Crippen LogP contribution in [0.2, 0.25) is 0 Å². The molecule has 0 saturated heterocycles. The van der Waals surface area contributed by atoms with Crippen LogP contribution in [-0.4, -0.2) is 24.2 Å². The van der Waals surface area contributed by atoms with Crippen LogP contribution in [0.15, 0.2) is 18.2 Å². The Bertz CT molecular complexity index is 553. The highest BCUT2D eigenvalue weighted by Gasteiger charge is 2.07. The van der Waals surface area contributed by atoms with Crippen molar-refractivity contribution in [3.63, 3.8) is 0 Å². The van der Waals surface area contributed by atoms with Crippen LogP contribution in [0.25, 0.3) is 10.2 Å². The minimum atomic E-state index is -0.235. The third kappa shape index (κ3) is 2.89. The van der Waals surface area contributed by atoms with Crippen LogP contribution in [0.3, 0.4) is 0 Å². The number of fused-ring (bicyclic) bond motifs is 1. The standard InChI is InChI=1S/C12H15N3O2S/c1-3-13-11(16)15-12-14-9-6-5-8(17-4-2)7-10(9)18-12/h5-7H,3-4H2,1-2H3,(H2,13,14,15,16). The van der Waals surface area contributed by atoms with Gasteiger partial charge < -0.3 is 10.1 Å². The lowest BCUT2D eigenvalue weighted by Gasteiger charge is -2.00. The number of urea groups is 1. The Labute approximate surface area is 109 Å². The number of hydrogen-bond donors (Lipinski definition) is 2. The molecule has 1 aromatic carbocycles. The third-order valence-electron chi connectivity index (χ3n) is 2.23. The highest BCUT2D eigenvalue weighted by atomic mass is 32.1. The van der Waals surface area contributed by atoms with E-state index in [-0.39, 0.29) is 6.03 Å². The summed E-state index contributed by atoms with van der Waals surface area (Å²) in [6.07, 6.45) is 0. The zero-order valence-electron chi connectivity index (χ0n) is 10.3. The third-order valence-corrected chi connectivity index (χ3v) is 3.16. The zero-order chi connectivity index (χ0) is 13.0. The average Bonchev–Trinajstić information content (AvgIpc) is 2.71. The molecule has 1 aromatic heterocycles. The fraction of sp³-hybridized carbons (Fsp3) is 0.333. The van der Waals surface area contributed by atoms with Gasteiger partial charge in [-0.15, -0.1) is 0 Å². The van der Waals surface area contributed by atoms with Crippen LogP contribution in [0.4, 0.5) is 9.93 Å². The number of benzene rings is 1. The van der Waals surface area contributed by atoms with Crippen molar-refractivity contribution in [1.82, 2.24) is 10.3 Å². The molecular formula is C12H15N3O2S. The molecule has 96 valence electrons. The second-order valence-corrected chi connectivity index (χ2v) is 4.60. The molecule has 0 saturated carbocycles. The number of amides is 2. The summed E-state index contributed by atoms with van der Waals surface area (Å²) in [6, 6.07) is 5.46. The number of ether oxygens (including phenoxy) is 1. The number of rotatable bonds is 4. The van der Waals surface area contributed by atoms with Crippen molar-refractivity contribution >= 4 is 32.7 Å². The van der Waals surface area contributed by atoms with E-state index < -0.39 is 0 Å². The Hall–Kier alpha value is -1.82. The maximum Gasteiger partial charge on any atom is 0.321 e. The minimum absolute atomic E-state index is 0.235. The van der Waals surface area contributed by atoms with Crippen molar-refractivity contribution in [2.24, 2.45) is 0 Å². The Morgan fingerprint density at radius 3 is 3.00 bits per heavy atom. The van der Waals surface area contributed by atoms with Crippen LogP contribution < -0.4 is 15.4 Å². The van der Waals surface area contributed by atoms with Crippen molar-refractivity contribution < 1.29 is 9.53 Å². The molecule has 6 heteroatoms. The predicted octanol–water partition coefficient (Wildman–Crippen LogP) is 2.84.